The van der Waals surface area contributed by atoms with Crippen LogP contribution in [0.25, 0.3) is 0 Å². The van der Waals surface area contributed by atoms with Crippen molar-refractivity contribution in [2.24, 2.45) is 5.73 Å². The Morgan fingerprint density at radius 3 is 2.94 bits per heavy atom. The monoisotopic (exact) mass is 264 g/mol. The molecule has 1 aliphatic rings. The second-order valence-electron chi connectivity index (χ2n) is 5.04. The van der Waals surface area contributed by atoms with Crippen LogP contribution in [0.2, 0.25) is 0 Å². The van der Waals surface area contributed by atoms with E-state index in [-0.39, 0.29) is 6.10 Å². The van der Waals surface area contributed by atoms with Crippen molar-refractivity contribution in [2.75, 3.05) is 13.1 Å². The summed E-state index contributed by atoms with van der Waals surface area (Å²) < 4.78 is 0. The van der Waals surface area contributed by atoms with Gasteiger partial charge in [-0.3, -0.25) is 4.90 Å². The first kappa shape index (κ1) is 13.5. The van der Waals surface area contributed by atoms with E-state index in [1.807, 2.05) is 12.1 Å². The summed E-state index contributed by atoms with van der Waals surface area (Å²) in [4.78, 5) is 2.75. The van der Waals surface area contributed by atoms with E-state index in [1.165, 1.54) is 11.1 Å². The molecule has 0 bridgehead atoms. The summed E-state index contributed by atoms with van der Waals surface area (Å²) in [7, 11) is 0. The van der Waals surface area contributed by atoms with E-state index in [9.17, 15) is 5.11 Å². The molecule has 18 heavy (non-hydrogen) atoms. The van der Waals surface area contributed by atoms with Crippen LogP contribution in [-0.2, 0) is 6.54 Å². The minimum atomic E-state index is -0.171. The lowest BCUT2D eigenvalue weighted by Crippen LogP contribution is -2.37. The Hall–Kier alpha value is -0.970. The van der Waals surface area contributed by atoms with Gasteiger partial charge in [-0.05, 0) is 43.5 Å². The van der Waals surface area contributed by atoms with E-state index in [1.54, 1.807) is 0 Å². The molecule has 98 valence electrons. The fourth-order valence-electron chi connectivity index (χ4n) is 2.44. The van der Waals surface area contributed by atoms with Crippen molar-refractivity contribution in [3.05, 3.63) is 34.9 Å². The molecule has 0 aliphatic carbocycles. The molecule has 1 fully saturated rings. The summed E-state index contributed by atoms with van der Waals surface area (Å²) in [5, 5.41) is 9.67. The molecule has 1 unspecified atom stereocenters. The number of aliphatic hydroxyl groups is 1. The largest absolute Gasteiger partial charge is 0.392 e. The number of likely N-dealkylation sites (tertiary alicyclic amines) is 1. The number of hydrogen-bond donors (Lipinski definition) is 2. The van der Waals surface area contributed by atoms with Gasteiger partial charge in [-0.1, -0.05) is 24.4 Å². The van der Waals surface area contributed by atoms with Crippen molar-refractivity contribution in [3.63, 3.8) is 0 Å². The lowest BCUT2D eigenvalue weighted by molar-refractivity contribution is 0.0667. The average Bonchev–Trinajstić information content (AvgIpc) is 2.31. The predicted octanol–water partition coefficient (Wildman–Crippen LogP) is 1.59. The van der Waals surface area contributed by atoms with E-state index in [0.717, 1.165) is 38.0 Å². The van der Waals surface area contributed by atoms with Crippen LogP contribution >= 0.6 is 12.2 Å². The van der Waals surface area contributed by atoms with Gasteiger partial charge in [0.05, 0.1) is 6.10 Å². The van der Waals surface area contributed by atoms with Gasteiger partial charge >= 0.3 is 0 Å². The summed E-state index contributed by atoms with van der Waals surface area (Å²) in [5.41, 5.74) is 9.03. The van der Waals surface area contributed by atoms with Crippen molar-refractivity contribution in [1.29, 1.82) is 0 Å². The third-order valence-electron chi connectivity index (χ3n) is 3.50. The zero-order valence-corrected chi connectivity index (χ0v) is 11.5. The van der Waals surface area contributed by atoms with Crippen LogP contribution in [0.15, 0.2) is 18.2 Å². The highest BCUT2D eigenvalue weighted by atomic mass is 32.1. The number of hydrogen-bond acceptors (Lipinski definition) is 3. The standard InChI is InChI=1S/C14H20N2OS/c1-10-7-11(14(15)18)4-5-12(10)8-16-6-2-3-13(17)9-16/h4-5,7,13,17H,2-3,6,8-9H2,1H3,(H2,15,18). The van der Waals surface area contributed by atoms with Gasteiger partial charge in [-0.2, -0.15) is 0 Å². The Labute approximate surface area is 114 Å². The molecule has 4 heteroatoms. The molecule has 2 rings (SSSR count). The minimum absolute atomic E-state index is 0.171. The maximum Gasteiger partial charge on any atom is 0.103 e. The van der Waals surface area contributed by atoms with Crippen molar-refractivity contribution in [1.82, 2.24) is 4.90 Å². The molecule has 0 spiro atoms. The molecule has 0 aromatic heterocycles. The molecule has 1 atom stereocenters. The predicted molar refractivity (Wildman–Crippen MR) is 77.6 cm³/mol. The average molecular weight is 264 g/mol. The maximum absolute atomic E-state index is 9.67. The second-order valence-corrected chi connectivity index (χ2v) is 5.48. The Morgan fingerprint density at radius 2 is 2.33 bits per heavy atom. The third kappa shape index (κ3) is 3.28. The fraction of sp³-hybridized carbons (Fsp3) is 0.500. The quantitative estimate of drug-likeness (QED) is 0.814. The molecule has 3 nitrogen and oxygen atoms in total. The lowest BCUT2D eigenvalue weighted by atomic mass is 10.0. The van der Waals surface area contributed by atoms with Gasteiger partial charge in [0, 0.05) is 18.7 Å². The summed E-state index contributed by atoms with van der Waals surface area (Å²) in [6.07, 6.45) is 1.83. The topological polar surface area (TPSA) is 49.5 Å². The van der Waals surface area contributed by atoms with E-state index in [4.69, 9.17) is 18.0 Å². The first-order valence-corrected chi connectivity index (χ1v) is 6.77. The van der Waals surface area contributed by atoms with Crippen LogP contribution in [0.4, 0.5) is 0 Å². The molecule has 0 radical (unpaired) electrons. The van der Waals surface area contributed by atoms with Gasteiger partial charge in [0.15, 0.2) is 0 Å². The molecular formula is C14H20N2OS. The van der Waals surface area contributed by atoms with Crippen LogP contribution in [-0.4, -0.2) is 34.2 Å². The van der Waals surface area contributed by atoms with Gasteiger partial charge in [-0.15, -0.1) is 0 Å². The van der Waals surface area contributed by atoms with Crippen LogP contribution in [0.1, 0.15) is 29.5 Å². The first-order valence-electron chi connectivity index (χ1n) is 6.36. The van der Waals surface area contributed by atoms with Crippen molar-refractivity contribution in [2.45, 2.75) is 32.4 Å². The molecule has 1 aliphatic heterocycles. The van der Waals surface area contributed by atoms with Crippen molar-refractivity contribution in [3.8, 4) is 0 Å². The van der Waals surface area contributed by atoms with Gasteiger partial charge < -0.3 is 10.8 Å². The smallest absolute Gasteiger partial charge is 0.103 e. The third-order valence-corrected chi connectivity index (χ3v) is 3.74. The Kier molecular flexibility index (Phi) is 4.32. The van der Waals surface area contributed by atoms with Crippen LogP contribution in [0.5, 0.6) is 0 Å². The fourth-order valence-corrected chi connectivity index (χ4v) is 2.57. The number of aliphatic hydroxyl groups excluding tert-OH is 1. The number of rotatable bonds is 3. The first-order chi connectivity index (χ1) is 8.56. The minimum Gasteiger partial charge on any atom is -0.392 e. The number of benzene rings is 1. The number of β-amino-alcohol motifs (C(OH)–C–C–N with tert-alkyl or cyclic N) is 1. The summed E-state index contributed by atoms with van der Waals surface area (Å²) in [6.45, 7) is 4.81. The number of piperidine rings is 1. The van der Waals surface area contributed by atoms with Crippen molar-refractivity contribution < 1.29 is 5.11 Å². The highest BCUT2D eigenvalue weighted by Gasteiger charge is 2.18. The normalized spacial score (nSPS) is 20.9. The molecule has 1 aromatic carbocycles. The lowest BCUT2D eigenvalue weighted by Gasteiger charge is -2.30. The maximum atomic E-state index is 9.67. The van der Waals surface area contributed by atoms with Crippen LogP contribution in [0, 0.1) is 6.92 Å². The Balaban J connectivity index is 2.07. The zero-order chi connectivity index (χ0) is 13.1. The van der Waals surface area contributed by atoms with E-state index in [0.29, 0.717) is 4.99 Å². The number of nitrogens with two attached hydrogens (primary N) is 1. The van der Waals surface area contributed by atoms with Gasteiger partial charge in [-0.25, -0.2) is 0 Å². The zero-order valence-electron chi connectivity index (χ0n) is 10.7. The van der Waals surface area contributed by atoms with Gasteiger partial charge in [0.25, 0.3) is 0 Å². The van der Waals surface area contributed by atoms with Gasteiger partial charge in [0.2, 0.25) is 0 Å². The van der Waals surface area contributed by atoms with Crippen molar-refractivity contribution >= 4 is 17.2 Å². The van der Waals surface area contributed by atoms with E-state index < -0.39 is 0 Å². The number of aryl methyl sites for hydroxylation is 1. The second kappa shape index (κ2) is 5.78. The summed E-state index contributed by atoms with van der Waals surface area (Å²) in [5.74, 6) is 0. The van der Waals surface area contributed by atoms with Gasteiger partial charge in [0.1, 0.15) is 4.99 Å². The molecular weight excluding hydrogens is 244 g/mol. The molecule has 1 heterocycles. The molecule has 0 amide bonds. The van der Waals surface area contributed by atoms with E-state index in [2.05, 4.69) is 17.9 Å². The molecule has 0 saturated carbocycles. The Morgan fingerprint density at radius 1 is 1.56 bits per heavy atom. The SMILES string of the molecule is Cc1cc(C(N)=S)ccc1CN1CCCC(O)C1. The van der Waals surface area contributed by atoms with Crippen LogP contribution in [0.3, 0.4) is 0 Å². The van der Waals surface area contributed by atoms with E-state index >= 15 is 0 Å². The highest BCUT2D eigenvalue weighted by molar-refractivity contribution is 7.80. The number of nitrogens with zero attached hydrogens (tertiary/aromatic N) is 1. The van der Waals surface area contributed by atoms with Crippen LogP contribution < -0.4 is 5.73 Å². The molecule has 1 aromatic rings. The highest BCUT2D eigenvalue weighted by Crippen LogP contribution is 2.17. The summed E-state index contributed by atoms with van der Waals surface area (Å²) in [6, 6.07) is 6.11. The molecule has 1 saturated heterocycles. The molecule has 3 N–H and O–H groups in total. The number of thiocarbonyl (C=S) groups is 1. The Bertz CT molecular complexity index is 447. The summed E-state index contributed by atoms with van der Waals surface area (Å²) >= 11 is 4.98.